The zero-order valence-corrected chi connectivity index (χ0v) is 19.5. The Morgan fingerprint density at radius 2 is 2.00 bits per heavy atom. The number of aryl methyl sites for hydroxylation is 2. The number of benzene rings is 1. The molecule has 30 heavy (non-hydrogen) atoms. The lowest BCUT2D eigenvalue weighted by Gasteiger charge is -2.21. The van der Waals surface area contributed by atoms with E-state index in [1.165, 1.54) is 18.4 Å². The van der Waals surface area contributed by atoms with E-state index in [9.17, 15) is 13.2 Å². The highest BCUT2D eigenvalue weighted by Gasteiger charge is 2.21. The first-order valence-corrected chi connectivity index (χ1v) is 12.1. The smallest absolute Gasteiger partial charge is 0.242 e. The van der Waals surface area contributed by atoms with E-state index in [4.69, 9.17) is 0 Å². The van der Waals surface area contributed by atoms with Crippen molar-refractivity contribution in [1.29, 1.82) is 0 Å². The zero-order chi connectivity index (χ0) is 22.1. The molecule has 0 spiro atoms. The van der Waals surface area contributed by atoms with Crippen LogP contribution < -0.4 is 5.32 Å². The first-order chi connectivity index (χ1) is 14.1. The molecule has 162 valence electrons. The van der Waals surface area contributed by atoms with E-state index in [1.807, 2.05) is 29.1 Å². The minimum absolute atomic E-state index is 0.00302. The molecule has 1 N–H and O–H groups in total. The van der Waals surface area contributed by atoms with Gasteiger partial charge in [-0.3, -0.25) is 4.79 Å². The highest BCUT2D eigenvalue weighted by molar-refractivity contribution is 7.89. The van der Waals surface area contributed by atoms with Crippen LogP contribution in [0.25, 0.3) is 11.0 Å². The van der Waals surface area contributed by atoms with Gasteiger partial charge in [0.05, 0.1) is 22.0 Å². The molecule has 0 unspecified atom stereocenters. The SMILES string of the molecule is CC(C)[C@@H](NC(=O)CCc1nc2cc(S(=O)(=O)N(C)C)ccc2n1C)c1cccs1. The van der Waals surface area contributed by atoms with Crippen molar-refractivity contribution in [3.8, 4) is 0 Å². The minimum Gasteiger partial charge on any atom is -0.348 e. The van der Waals surface area contributed by atoms with E-state index in [-0.39, 0.29) is 16.8 Å². The van der Waals surface area contributed by atoms with E-state index >= 15 is 0 Å². The third-order valence-corrected chi connectivity index (χ3v) is 7.90. The van der Waals surface area contributed by atoms with Crippen molar-refractivity contribution in [1.82, 2.24) is 19.2 Å². The van der Waals surface area contributed by atoms with Crippen molar-refractivity contribution in [2.45, 2.75) is 37.6 Å². The molecule has 9 heteroatoms. The van der Waals surface area contributed by atoms with Gasteiger partial charge in [0.15, 0.2) is 0 Å². The largest absolute Gasteiger partial charge is 0.348 e. The molecule has 1 atom stereocenters. The number of aromatic nitrogens is 2. The molecular weight excluding hydrogens is 420 g/mol. The third kappa shape index (κ3) is 4.58. The van der Waals surface area contributed by atoms with Gasteiger partial charge >= 0.3 is 0 Å². The van der Waals surface area contributed by atoms with Crippen molar-refractivity contribution in [3.05, 3.63) is 46.4 Å². The van der Waals surface area contributed by atoms with Crippen molar-refractivity contribution in [2.75, 3.05) is 14.1 Å². The van der Waals surface area contributed by atoms with Crippen LogP contribution in [0, 0.1) is 5.92 Å². The summed E-state index contributed by atoms with van der Waals surface area (Å²) < 4.78 is 27.8. The second kappa shape index (κ2) is 8.87. The summed E-state index contributed by atoms with van der Waals surface area (Å²) in [7, 11) is 1.37. The summed E-state index contributed by atoms with van der Waals surface area (Å²) in [5, 5.41) is 5.15. The van der Waals surface area contributed by atoms with Crippen LogP contribution in [0.2, 0.25) is 0 Å². The highest BCUT2D eigenvalue weighted by atomic mass is 32.2. The zero-order valence-electron chi connectivity index (χ0n) is 17.9. The Morgan fingerprint density at radius 3 is 2.60 bits per heavy atom. The first-order valence-electron chi connectivity index (χ1n) is 9.82. The molecule has 2 heterocycles. The fourth-order valence-corrected chi connectivity index (χ4v) is 5.20. The van der Waals surface area contributed by atoms with Gasteiger partial charge in [-0.15, -0.1) is 11.3 Å². The Kier molecular flexibility index (Phi) is 6.64. The number of carbonyl (C=O) groups is 1. The monoisotopic (exact) mass is 448 g/mol. The number of hydrogen-bond acceptors (Lipinski definition) is 5. The molecular formula is C21H28N4O3S2. The standard InChI is InChI=1S/C21H28N4O3S2/c1-14(2)21(18-7-6-12-29-18)23-20(26)11-10-19-22-16-13-15(30(27,28)24(3)4)8-9-17(16)25(19)5/h6-9,12-14,21H,10-11H2,1-5H3,(H,23,26)/t21-/m1/s1. The number of fused-ring (bicyclic) bond motifs is 1. The normalized spacial score (nSPS) is 13.3. The average molecular weight is 449 g/mol. The van der Waals surface area contributed by atoms with Crippen LogP contribution in [0.4, 0.5) is 0 Å². The maximum absolute atomic E-state index is 12.6. The summed E-state index contributed by atoms with van der Waals surface area (Å²) in [4.78, 5) is 18.5. The predicted molar refractivity (Wildman–Crippen MR) is 120 cm³/mol. The van der Waals surface area contributed by atoms with Gasteiger partial charge in [0.2, 0.25) is 15.9 Å². The molecule has 7 nitrogen and oxygen atoms in total. The van der Waals surface area contributed by atoms with Crippen LogP contribution in [0.15, 0.2) is 40.6 Å². The fraction of sp³-hybridized carbons (Fsp3) is 0.429. The van der Waals surface area contributed by atoms with E-state index in [0.29, 0.717) is 24.3 Å². The number of amides is 1. The molecule has 3 aromatic rings. The van der Waals surface area contributed by atoms with Crippen LogP contribution >= 0.6 is 11.3 Å². The Bertz CT molecular complexity index is 1130. The van der Waals surface area contributed by atoms with E-state index in [1.54, 1.807) is 29.5 Å². The number of thiophene rings is 1. The number of sulfonamides is 1. The molecule has 0 aliphatic carbocycles. The quantitative estimate of drug-likeness (QED) is 0.573. The molecule has 0 aliphatic rings. The van der Waals surface area contributed by atoms with Crippen LogP contribution in [-0.2, 0) is 28.3 Å². The molecule has 0 aliphatic heterocycles. The third-order valence-electron chi connectivity index (χ3n) is 5.13. The van der Waals surface area contributed by atoms with Gasteiger partial charge in [-0.05, 0) is 35.6 Å². The van der Waals surface area contributed by atoms with Gasteiger partial charge in [-0.1, -0.05) is 19.9 Å². The van der Waals surface area contributed by atoms with Crippen LogP contribution in [0.1, 0.15) is 37.0 Å². The Labute approximate surface area is 181 Å². The number of rotatable bonds is 8. The number of nitrogens with one attached hydrogen (secondary N) is 1. The lowest BCUT2D eigenvalue weighted by Crippen LogP contribution is -2.31. The number of hydrogen-bond donors (Lipinski definition) is 1. The Balaban J connectivity index is 1.74. The molecule has 0 bridgehead atoms. The van der Waals surface area contributed by atoms with E-state index in [0.717, 1.165) is 16.2 Å². The second-order valence-corrected chi connectivity index (χ2v) is 11.0. The summed E-state index contributed by atoms with van der Waals surface area (Å²) in [6.07, 6.45) is 0.788. The van der Waals surface area contributed by atoms with Gasteiger partial charge in [0.25, 0.3) is 0 Å². The molecule has 0 radical (unpaired) electrons. The summed E-state index contributed by atoms with van der Waals surface area (Å²) in [5.41, 5.74) is 1.44. The van der Waals surface area contributed by atoms with Crippen LogP contribution in [0.5, 0.6) is 0 Å². The lowest BCUT2D eigenvalue weighted by atomic mass is 10.0. The Hall–Kier alpha value is -2.23. The van der Waals surface area contributed by atoms with E-state index < -0.39 is 10.0 Å². The fourth-order valence-electron chi connectivity index (χ4n) is 3.33. The minimum atomic E-state index is -3.52. The van der Waals surface area contributed by atoms with Crippen molar-refractivity contribution >= 4 is 38.3 Å². The second-order valence-electron chi connectivity index (χ2n) is 7.83. The molecule has 0 saturated heterocycles. The van der Waals surface area contributed by atoms with Crippen molar-refractivity contribution < 1.29 is 13.2 Å². The average Bonchev–Trinajstić information content (AvgIpc) is 3.32. The maximum Gasteiger partial charge on any atom is 0.242 e. The van der Waals surface area contributed by atoms with Crippen LogP contribution in [0.3, 0.4) is 0 Å². The lowest BCUT2D eigenvalue weighted by molar-refractivity contribution is -0.122. The topological polar surface area (TPSA) is 84.3 Å². The molecule has 1 amide bonds. The van der Waals surface area contributed by atoms with Crippen LogP contribution in [-0.4, -0.2) is 42.3 Å². The molecule has 2 aromatic heterocycles. The Morgan fingerprint density at radius 1 is 1.27 bits per heavy atom. The molecule has 1 aromatic carbocycles. The predicted octanol–water partition coefficient (Wildman–Crippen LogP) is 3.33. The number of nitrogens with zero attached hydrogens (tertiary/aromatic N) is 3. The first kappa shape index (κ1) is 22.5. The van der Waals surface area contributed by atoms with Crippen molar-refractivity contribution in [2.24, 2.45) is 13.0 Å². The van der Waals surface area contributed by atoms with E-state index in [2.05, 4.69) is 24.1 Å². The molecule has 3 rings (SSSR count). The maximum atomic E-state index is 12.6. The molecule has 0 fully saturated rings. The van der Waals surface area contributed by atoms with Gasteiger partial charge < -0.3 is 9.88 Å². The number of carbonyl (C=O) groups excluding carboxylic acids is 1. The summed E-state index contributed by atoms with van der Waals surface area (Å²) in [5.74, 6) is 1.02. The summed E-state index contributed by atoms with van der Waals surface area (Å²) >= 11 is 1.64. The molecule has 0 saturated carbocycles. The summed E-state index contributed by atoms with van der Waals surface area (Å²) in [6.45, 7) is 4.19. The van der Waals surface area contributed by atoms with Gasteiger partial charge in [0, 0.05) is 38.9 Å². The van der Waals surface area contributed by atoms with Crippen molar-refractivity contribution in [3.63, 3.8) is 0 Å². The highest BCUT2D eigenvalue weighted by Crippen LogP contribution is 2.26. The van der Waals surface area contributed by atoms with Gasteiger partial charge in [-0.2, -0.15) is 0 Å². The van der Waals surface area contributed by atoms with Gasteiger partial charge in [0.1, 0.15) is 5.82 Å². The van der Waals surface area contributed by atoms with Gasteiger partial charge in [-0.25, -0.2) is 17.7 Å². The summed E-state index contributed by atoms with van der Waals surface area (Å²) in [6, 6.07) is 8.96. The number of imidazole rings is 1.